The van der Waals surface area contributed by atoms with Crippen molar-refractivity contribution in [3.05, 3.63) is 35.9 Å². The summed E-state index contributed by atoms with van der Waals surface area (Å²) >= 11 is 0. The fourth-order valence-corrected chi connectivity index (χ4v) is 3.44. The van der Waals surface area contributed by atoms with E-state index >= 15 is 0 Å². The second-order valence-electron chi connectivity index (χ2n) is 5.89. The maximum atomic E-state index is 11.8. The molecule has 1 heterocycles. The molecule has 2 aliphatic rings. The smallest absolute Gasteiger partial charge is 0.407 e. The molecule has 3 rings (SSSR count). The van der Waals surface area contributed by atoms with Crippen molar-refractivity contribution in [3.8, 4) is 0 Å². The van der Waals surface area contributed by atoms with Crippen LogP contribution in [0.25, 0.3) is 0 Å². The maximum absolute atomic E-state index is 11.8. The van der Waals surface area contributed by atoms with Gasteiger partial charge in [-0.1, -0.05) is 30.3 Å². The lowest BCUT2D eigenvalue weighted by atomic mass is 9.90. The second-order valence-corrected chi connectivity index (χ2v) is 5.89. The Balaban J connectivity index is 1.43. The van der Waals surface area contributed by atoms with Crippen LogP contribution in [0.15, 0.2) is 30.3 Å². The minimum absolute atomic E-state index is 0.285. The van der Waals surface area contributed by atoms with E-state index in [0.717, 1.165) is 43.3 Å². The molecule has 1 aliphatic heterocycles. The minimum atomic E-state index is -0.287. The summed E-state index contributed by atoms with van der Waals surface area (Å²) in [5, 5.41) is 6.45. The van der Waals surface area contributed by atoms with Gasteiger partial charge in [-0.15, -0.1) is 0 Å². The summed E-state index contributed by atoms with van der Waals surface area (Å²) in [5.41, 5.74) is 1.02. The van der Waals surface area contributed by atoms with E-state index in [1.807, 2.05) is 30.3 Å². The van der Waals surface area contributed by atoms with Gasteiger partial charge in [0.05, 0.1) is 0 Å². The number of piperidine rings is 1. The summed E-state index contributed by atoms with van der Waals surface area (Å²) in [4.78, 5) is 11.8. The number of nitrogens with one attached hydrogen (secondary N) is 2. The zero-order valence-electron chi connectivity index (χ0n) is 11.7. The van der Waals surface area contributed by atoms with Crippen LogP contribution in [0.5, 0.6) is 0 Å². The first-order chi connectivity index (χ1) is 9.81. The predicted octanol–water partition coefficient (Wildman–Crippen LogP) is 2.30. The van der Waals surface area contributed by atoms with E-state index in [4.69, 9.17) is 4.74 Å². The fraction of sp³-hybridized carbons (Fsp3) is 0.562. The molecule has 1 amide bonds. The van der Waals surface area contributed by atoms with Crippen molar-refractivity contribution in [1.29, 1.82) is 0 Å². The standard InChI is InChI=1S/C16H22N2O2/c19-16(20-11-12-4-2-1-3-5-12)18-15-8-13-6-7-17-10-14(13)9-15/h1-5,13-15,17H,6-11H2,(H,18,19)/t13-,14-,15+/m1/s1. The molecule has 4 nitrogen and oxygen atoms in total. The van der Waals surface area contributed by atoms with E-state index < -0.39 is 0 Å². The number of amides is 1. The lowest BCUT2D eigenvalue weighted by Gasteiger charge is -2.25. The molecule has 0 radical (unpaired) electrons. The lowest BCUT2D eigenvalue weighted by molar-refractivity contribution is 0.135. The van der Waals surface area contributed by atoms with Crippen molar-refractivity contribution in [1.82, 2.24) is 10.6 Å². The van der Waals surface area contributed by atoms with Crippen LogP contribution >= 0.6 is 0 Å². The van der Waals surface area contributed by atoms with Gasteiger partial charge in [0.25, 0.3) is 0 Å². The van der Waals surface area contributed by atoms with Gasteiger partial charge in [0.15, 0.2) is 0 Å². The number of carbonyl (C=O) groups is 1. The van der Waals surface area contributed by atoms with Crippen LogP contribution in [0.3, 0.4) is 0 Å². The molecule has 0 aromatic heterocycles. The Kier molecular flexibility index (Phi) is 4.21. The van der Waals surface area contributed by atoms with Crippen molar-refractivity contribution >= 4 is 6.09 Å². The Hall–Kier alpha value is -1.55. The van der Waals surface area contributed by atoms with Crippen LogP contribution in [0.4, 0.5) is 4.79 Å². The third-order valence-electron chi connectivity index (χ3n) is 4.47. The number of alkyl carbamates (subject to hydrolysis) is 1. The zero-order chi connectivity index (χ0) is 13.8. The Bertz CT molecular complexity index is 435. The van der Waals surface area contributed by atoms with E-state index in [-0.39, 0.29) is 12.1 Å². The molecule has 2 N–H and O–H groups in total. The number of rotatable bonds is 3. The van der Waals surface area contributed by atoms with Gasteiger partial charge >= 0.3 is 6.09 Å². The monoisotopic (exact) mass is 274 g/mol. The normalized spacial score (nSPS) is 28.7. The van der Waals surface area contributed by atoms with Crippen molar-refractivity contribution in [2.24, 2.45) is 11.8 Å². The summed E-state index contributed by atoms with van der Waals surface area (Å²) in [5.74, 6) is 1.50. The van der Waals surface area contributed by atoms with Gasteiger partial charge in [0.2, 0.25) is 0 Å². The molecule has 4 heteroatoms. The van der Waals surface area contributed by atoms with E-state index in [1.54, 1.807) is 0 Å². The third kappa shape index (κ3) is 3.31. The van der Waals surface area contributed by atoms with Crippen molar-refractivity contribution in [3.63, 3.8) is 0 Å². The van der Waals surface area contributed by atoms with Gasteiger partial charge in [-0.3, -0.25) is 0 Å². The van der Waals surface area contributed by atoms with Crippen molar-refractivity contribution in [2.45, 2.75) is 31.9 Å². The highest BCUT2D eigenvalue weighted by Crippen LogP contribution is 2.35. The molecule has 1 aromatic carbocycles. The fourth-order valence-electron chi connectivity index (χ4n) is 3.44. The van der Waals surface area contributed by atoms with E-state index in [1.165, 1.54) is 6.42 Å². The van der Waals surface area contributed by atoms with Gasteiger partial charge in [-0.25, -0.2) is 4.79 Å². The number of ether oxygens (including phenoxy) is 1. The van der Waals surface area contributed by atoms with Crippen LogP contribution in [-0.4, -0.2) is 25.2 Å². The molecule has 0 unspecified atom stereocenters. The average molecular weight is 274 g/mol. The highest BCUT2D eigenvalue weighted by atomic mass is 16.5. The van der Waals surface area contributed by atoms with Gasteiger partial charge in [0.1, 0.15) is 6.61 Å². The molecule has 3 atom stereocenters. The topological polar surface area (TPSA) is 50.4 Å². The molecule has 0 spiro atoms. The molecular weight excluding hydrogens is 252 g/mol. The van der Waals surface area contributed by atoms with Crippen LogP contribution in [0.2, 0.25) is 0 Å². The van der Waals surface area contributed by atoms with Gasteiger partial charge in [-0.2, -0.15) is 0 Å². The molecule has 20 heavy (non-hydrogen) atoms. The summed E-state index contributed by atoms with van der Waals surface area (Å²) in [6.07, 6.45) is 3.14. The van der Waals surface area contributed by atoms with Crippen LogP contribution in [0, 0.1) is 11.8 Å². The first-order valence-electron chi connectivity index (χ1n) is 7.49. The predicted molar refractivity (Wildman–Crippen MR) is 77.3 cm³/mol. The molecule has 2 fully saturated rings. The van der Waals surface area contributed by atoms with Crippen molar-refractivity contribution < 1.29 is 9.53 Å². The number of hydrogen-bond donors (Lipinski definition) is 2. The zero-order valence-corrected chi connectivity index (χ0v) is 11.7. The SMILES string of the molecule is O=C(N[C@H]1C[C@H]2CCNC[C@H]2C1)OCc1ccccc1. The van der Waals surface area contributed by atoms with Crippen LogP contribution in [-0.2, 0) is 11.3 Å². The summed E-state index contributed by atoms with van der Waals surface area (Å²) < 4.78 is 5.28. The van der Waals surface area contributed by atoms with E-state index in [0.29, 0.717) is 6.61 Å². The minimum Gasteiger partial charge on any atom is -0.445 e. The number of hydrogen-bond acceptors (Lipinski definition) is 3. The Labute approximate surface area is 119 Å². The van der Waals surface area contributed by atoms with E-state index in [2.05, 4.69) is 10.6 Å². The average Bonchev–Trinajstić information content (AvgIpc) is 2.88. The number of benzene rings is 1. The van der Waals surface area contributed by atoms with Crippen molar-refractivity contribution in [2.75, 3.05) is 13.1 Å². The van der Waals surface area contributed by atoms with E-state index in [9.17, 15) is 4.79 Å². The Morgan fingerprint density at radius 1 is 1.25 bits per heavy atom. The molecule has 1 aromatic rings. The molecular formula is C16H22N2O2. The largest absolute Gasteiger partial charge is 0.445 e. The maximum Gasteiger partial charge on any atom is 0.407 e. The first-order valence-corrected chi connectivity index (χ1v) is 7.49. The first kappa shape index (κ1) is 13.4. The lowest BCUT2D eigenvalue weighted by Crippen LogP contribution is -2.34. The Morgan fingerprint density at radius 3 is 2.85 bits per heavy atom. The molecule has 1 aliphatic carbocycles. The number of fused-ring (bicyclic) bond motifs is 1. The summed E-state index contributed by atoms with van der Waals surface area (Å²) in [7, 11) is 0. The van der Waals surface area contributed by atoms with Crippen LogP contribution < -0.4 is 10.6 Å². The van der Waals surface area contributed by atoms with Crippen LogP contribution in [0.1, 0.15) is 24.8 Å². The molecule has 0 bridgehead atoms. The van der Waals surface area contributed by atoms with Gasteiger partial charge in [-0.05, 0) is 49.8 Å². The quantitative estimate of drug-likeness (QED) is 0.889. The highest BCUT2D eigenvalue weighted by molar-refractivity contribution is 5.67. The van der Waals surface area contributed by atoms with Gasteiger partial charge in [0, 0.05) is 6.04 Å². The highest BCUT2D eigenvalue weighted by Gasteiger charge is 2.36. The number of carbonyl (C=O) groups excluding carboxylic acids is 1. The van der Waals surface area contributed by atoms with Gasteiger partial charge < -0.3 is 15.4 Å². The molecule has 108 valence electrons. The second kappa shape index (κ2) is 6.27. The summed E-state index contributed by atoms with van der Waals surface area (Å²) in [6, 6.07) is 10.1. The summed E-state index contributed by atoms with van der Waals surface area (Å²) in [6.45, 7) is 2.56. The Morgan fingerprint density at radius 2 is 2.05 bits per heavy atom. The third-order valence-corrected chi connectivity index (χ3v) is 4.47. The molecule has 1 saturated carbocycles. The molecule has 1 saturated heterocycles.